The third kappa shape index (κ3) is 5.31. The van der Waals surface area contributed by atoms with Crippen LogP contribution < -0.4 is 10.1 Å². The topological polar surface area (TPSA) is 76.4 Å². The van der Waals surface area contributed by atoms with Gasteiger partial charge in [-0.1, -0.05) is 18.2 Å². The molecule has 0 saturated carbocycles. The minimum atomic E-state index is -1.66. The van der Waals surface area contributed by atoms with Gasteiger partial charge in [0.05, 0.1) is 11.3 Å². The Morgan fingerprint density at radius 1 is 1.31 bits per heavy atom. The van der Waals surface area contributed by atoms with E-state index in [0.29, 0.717) is 11.5 Å². The number of anilines is 1. The first-order valence-electron chi connectivity index (χ1n) is 10.2. The number of nitrogens with zero attached hydrogens (tertiary/aromatic N) is 2. The number of hydrogen-bond acceptors (Lipinski definition) is 4. The maximum atomic E-state index is 15.1. The van der Waals surface area contributed by atoms with E-state index in [1.807, 2.05) is 19.1 Å². The van der Waals surface area contributed by atoms with Crippen molar-refractivity contribution in [1.82, 2.24) is 9.55 Å². The number of carbonyl (C=O) groups is 1. The van der Waals surface area contributed by atoms with E-state index in [1.165, 1.54) is 19.9 Å². The summed E-state index contributed by atoms with van der Waals surface area (Å²) in [7, 11) is 1.68. The number of halogens is 2. The van der Waals surface area contributed by atoms with Gasteiger partial charge in [-0.25, -0.2) is 13.8 Å². The Hall–Kier alpha value is -3.26. The Balaban J connectivity index is 2.04. The molecule has 0 fully saturated rings. The Morgan fingerprint density at radius 3 is 2.59 bits per heavy atom. The molecule has 1 unspecified atom stereocenters. The van der Waals surface area contributed by atoms with Gasteiger partial charge in [0.1, 0.15) is 35.8 Å². The SMILES string of the molecule is Cc1ccccc1NC(=O)c1cc(F)c(-c2cn(C)c(C(C)O)n2)cc1OCC(C)(C)F. The van der Waals surface area contributed by atoms with Crippen molar-refractivity contribution in [3.8, 4) is 17.0 Å². The van der Waals surface area contributed by atoms with Gasteiger partial charge in [0.25, 0.3) is 5.91 Å². The Kier molecular flexibility index (Phi) is 6.64. The number of nitrogens with one attached hydrogen (secondary N) is 1. The second-order valence-corrected chi connectivity index (χ2v) is 8.38. The fourth-order valence-electron chi connectivity index (χ4n) is 3.20. The van der Waals surface area contributed by atoms with Gasteiger partial charge < -0.3 is 19.7 Å². The monoisotopic (exact) mass is 443 g/mol. The van der Waals surface area contributed by atoms with Crippen molar-refractivity contribution >= 4 is 11.6 Å². The first kappa shape index (κ1) is 23.4. The number of benzene rings is 2. The van der Waals surface area contributed by atoms with Gasteiger partial charge in [-0.05, 0) is 51.5 Å². The molecule has 6 nitrogen and oxygen atoms in total. The molecule has 32 heavy (non-hydrogen) atoms. The van der Waals surface area contributed by atoms with Gasteiger partial charge in [-0.2, -0.15) is 0 Å². The zero-order valence-corrected chi connectivity index (χ0v) is 18.7. The van der Waals surface area contributed by atoms with Crippen molar-refractivity contribution in [1.29, 1.82) is 0 Å². The van der Waals surface area contributed by atoms with Crippen LogP contribution in [0.2, 0.25) is 0 Å². The van der Waals surface area contributed by atoms with Crippen LogP contribution in [-0.4, -0.2) is 32.8 Å². The molecule has 1 amide bonds. The van der Waals surface area contributed by atoms with E-state index in [2.05, 4.69) is 10.3 Å². The van der Waals surface area contributed by atoms with Crippen LogP contribution in [-0.2, 0) is 7.05 Å². The van der Waals surface area contributed by atoms with Crippen LogP contribution in [0.25, 0.3) is 11.3 Å². The molecular weight excluding hydrogens is 416 g/mol. The predicted octanol–water partition coefficient (Wildman–Crippen LogP) is 4.97. The number of carbonyl (C=O) groups excluding carboxylic acids is 1. The number of aryl methyl sites for hydroxylation is 2. The van der Waals surface area contributed by atoms with Crippen molar-refractivity contribution in [2.75, 3.05) is 11.9 Å². The number of ether oxygens (including phenoxy) is 1. The first-order valence-corrected chi connectivity index (χ1v) is 10.2. The number of alkyl halides is 1. The van der Waals surface area contributed by atoms with Crippen molar-refractivity contribution in [2.24, 2.45) is 7.05 Å². The lowest BCUT2D eigenvalue weighted by atomic mass is 10.1. The lowest BCUT2D eigenvalue weighted by Crippen LogP contribution is -2.24. The summed E-state index contributed by atoms with van der Waals surface area (Å²) in [6.07, 6.45) is 0.718. The molecule has 2 aromatic carbocycles. The van der Waals surface area contributed by atoms with Crippen molar-refractivity contribution in [3.63, 3.8) is 0 Å². The number of amides is 1. The van der Waals surface area contributed by atoms with E-state index in [0.717, 1.165) is 11.6 Å². The molecule has 1 heterocycles. The molecule has 1 aromatic heterocycles. The average molecular weight is 443 g/mol. The van der Waals surface area contributed by atoms with Gasteiger partial charge >= 0.3 is 0 Å². The highest BCUT2D eigenvalue weighted by molar-refractivity contribution is 6.07. The van der Waals surface area contributed by atoms with E-state index in [1.54, 1.807) is 36.9 Å². The number of hydrogen-bond donors (Lipinski definition) is 2. The first-order chi connectivity index (χ1) is 15.0. The highest BCUT2D eigenvalue weighted by Gasteiger charge is 2.24. The second-order valence-electron chi connectivity index (χ2n) is 8.38. The molecule has 3 aromatic rings. The molecule has 1 atom stereocenters. The lowest BCUT2D eigenvalue weighted by Gasteiger charge is -2.18. The van der Waals surface area contributed by atoms with Crippen LogP contribution in [0.5, 0.6) is 5.75 Å². The largest absolute Gasteiger partial charge is 0.489 e. The maximum Gasteiger partial charge on any atom is 0.259 e. The summed E-state index contributed by atoms with van der Waals surface area (Å²) in [5.74, 6) is -0.889. The van der Waals surface area contributed by atoms with Crippen LogP contribution in [0.4, 0.5) is 14.5 Å². The Morgan fingerprint density at radius 2 is 2.00 bits per heavy atom. The average Bonchev–Trinajstić information content (AvgIpc) is 3.09. The van der Waals surface area contributed by atoms with Gasteiger partial charge in [0.15, 0.2) is 0 Å². The van der Waals surface area contributed by atoms with E-state index in [-0.39, 0.29) is 29.2 Å². The number of imidazole rings is 1. The number of aliphatic hydroxyl groups excluding tert-OH is 1. The number of rotatable bonds is 7. The van der Waals surface area contributed by atoms with E-state index in [4.69, 9.17) is 4.74 Å². The number of aromatic nitrogens is 2. The standard InChI is InChI=1S/C24H27F2N3O3/c1-14-8-6-7-9-19(14)28-23(31)17-10-18(25)16(11-21(17)32-13-24(3,4)26)20-12-29(5)22(27-20)15(2)30/h6-12,15,30H,13H2,1-5H3,(H,28,31). The molecule has 8 heteroatoms. The highest BCUT2D eigenvalue weighted by Crippen LogP contribution is 2.32. The molecule has 0 aliphatic carbocycles. The summed E-state index contributed by atoms with van der Waals surface area (Å²) >= 11 is 0. The quantitative estimate of drug-likeness (QED) is 0.541. The van der Waals surface area contributed by atoms with Crippen LogP contribution >= 0.6 is 0 Å². The third-order valence-electron chi connectivity index (χ3n) is 4.84. The summed E-state index contributed by atoms with van der Waals surface area (Å²) in [5, 5.41) is 12.6. The van der Waals surface area contributed by atoms with Crippen LogP contribution in [0.1, 0.15) is 48.6 Å². The summed E-state index contributed by atoms with van der Waals surface area (Å²) in [6.45, 7) is 5.75. The summed E-state index contributed by atoms with van der Waals surface area (Å²) in [4.78, 5) is 17.2. The summed E-state index contributed by atoms with van der Waals surface area (Å²) in [6, 6.07) is 9.57. The molecule has 0 bridgehead atoms. The molecule has 2 N–H and O–H groups in total. The summed E-state index contributed by atoms with van der Waals surface area (Å²) in [5.41, 5.74) is 0.0191. The summed E-state index contributed by atoms with van der Waals surface area (Å²) < 4.78 is 36.4. The van der Waals surface area contributed by atoms with E-state index >= 15 is 4.39 Å². The van der Waals surface area contributed by atoms with E-state index < -0.39 is 23.5 Å². The van der Waals surface area contributed by atoms with Gasteiger partial charge in [0, 0.05) is 24.5 Å². The fraction of sp³-hybridized carbons (Fsp3) is 0.333. The highest BCUT2D eigenvalue weighted by atomic mass is 19.1. The van der Waals surface area contributed by atoms with Crippen molar-refractivity contribution < 1.29 is 23.4 Å². The van der Waals surface area contributed by atoms with Gasteiger partial charge in [-0.3, -0.25) is 4.79 Å². The molecule has 0 saturated heterocycles. The fourth-order valence-corrected chi connectivity index (χ4v) is 3.20. The smallest absolute Gasteiger partial charge is 0.259 e. The molecule has 0 radical (unpaired) electrons. The molecule has 3 rings (SSSR count). The lowest BCUT2D eigenvalue weighted by molar-refractivity contribution is 0.0999. The molecule has 0 spiro atoms. The Bertz CT molecular complexity index is 1130. The molecular formula is C24H27F2N3O3. The maximum absolute atomic E-state index is 15.1. The van der Waals surface area contributed by atoms with Gasteiger partial charge in [-0.15, -0.1) is 0 Å². The zero-order chi connectivity index (χ0) is 23.6. The van der Waals surface area contributed by atoms with Gasteiger partial charge in [0.2, 0.25) is 0 Å². The minimum absolute atomic E-state index is 0.0301. The predicted molar refractivity (Wildman–Crippen MR) is 119 cm³/mol. The second kappa shape index (κ2) is 9.08. The van der Waals surface area contributed by atoms with Crippen LogP contribution in [0.3, 0.4) is 0 Å². The van der Waals surface area contributed by atoms with Crippen molar-refractivity contribution in [3.05, 3.63) is 65.4 Å². The molecule has 0 aliphatic rings. The molecule has 170 valence electrons. The normalized spacial score (nSPS) is 12.5. The van der Waals surface area contributed by atoms with E-state index in [9.17, 15) is 14.3 Å². The van der Waals surface area contributed by atoms with Crippen LogP contribution in [0.15, 0.2) is 42.6 Å². The van der Waals surface area contributed by atoms with Crippen LogP contribution in [0, 0.1) is 12.7 Å². The number of para-hydroxylation sites is 1. The molecule has 0 aliphatic heterocycles. The zero-order valence-electron chi connectivity index (χ0n) is 18.7. The third-order valence-corrected chi connectivity index (χ3v) is 4.84. The minimum Gasteiger partial charge on any atom is -0.489 e. The Labute approximate surface area is 185 Å². The van der Waals surface area contributed by atoms with Crippen molar-refractivity contribution in [2.45, 2.75) is 39.5 Å². The number of aliphatic hydroxyl groups is 1.